The second-order valence-corrected chi connectivity index (χ2v) is 7.27. The van der Waals surface area contributed by atoms with Gasteiger partial charge in [0.15, 0.2) is 0 Å². The number of aryl methyl sites for hydroxylation is 1. The third-order valence-electron chi connectivity index (χ3n) is 4.52. The Morgan fingerprint density at radius 1 is 1.32 bits per heavy atom. The first-order chi connectivity index (χ1) is 11.9. The lowest BCUT2D eigenvalue weighted by Gasteiger charge is -2.28. The molecule has 1 fully saturated rings. The molecule has 0 spiro atoms. The van der Waals surface area contributed by atoms with E-state index in [1.165, 1.54) is 0 Å². The summed E-state index contributed by atoms with van der Waals surface area (Å²) in [6.45, 7) is 5.66. The number of ether oxygens (including phenoxy) is 1. The molecule has 0 bridgehead atoms. The van der Waals surface area contributed by atoms with E-state index >= 15 is 0 Å². The SMILES string of the molecule is COCCN(CC(=O)N(Cc1cccn1C)C1CC1)C(=O)CC(C)C. The van der Waals surface area contributed by atoms with Crippen LogP contribution in [-0.4, -0.2) is 59.0 Å². The van der Waals surface area contributed by atoms with Gasteiger partial charge in [-0.3, -0.25) is 9.59 Å². The Bertz CT molecular complexity index is 578. The maximum atomic E-state index is 12.9. The quantitative estimate of drug-likeness (QED) is 0.649. The zero-order valence-corrected chi connectivity index (χ0v) is 15.9. The van der Waals surface area contributed by atoms with Gasteiger partial charge in [-0.25, -0.2) is 0 Å². The fourth-order valence-corrected chi connectivity index (χ4v) is 2.87. The van der Waals surface area contributed by atoms with Gasteiger partial charge in [0.2, 0.25) is 11.8 Å². The van der Waals surface area contributed by atoms with Crippen molar-refractivity contribution >= 4 is 11.8 Å². The van der Waals surface area contributed by atoms with Crippen LogP contribution in [0.3, 0.4) is 0 Å². The van der Waals surface area contributed by atoms with Crippen molar-refractivity contribution in [2.75, 3.05) is 26.8 Å². The number of amides is 2. The highest BCUT2D eigenvalue weighted by molar-refractivity contribution is 5.85. The van der Waals surface area contributed by atoms with Crippen LogP contribution < -0.4 is 0 Å². The molecule has 0 aromatic carbocycles. The van der Waals surface area contributed by atoms with Gasteiger partial charge in [0.05, 0.1) is 19.7 Å². The predicted molar refractivity (Wildman–Crippen MR) is 96.9 cm³/mol. The van der Waals surface area contributed by atoms with Gasteiger partial charge in [-0.2, -0.15) is 0 Å². The largest absolute Gasteiger partial charge is 0.383 e. The van der Waals surface area contributed by atoms with E-state index in [1.54, 1.807) is 12.0 Å². The van der Waals surface area contributed by atoms with Crippen LogP contribution in [0.5, 0.6) is 0 Å². The Balaban J connectivity index is 2.02. The number of hydrogen-bond donors (Lipinski definition) is 0. The molecule has 6 nitrogen and oxygen atoms in total. The van der Waals surface area contributed by atoms with Crippen LogP contribution >= 0.6 is 0 Å². The van der Waals surface area contributed by atoms with Gasteiger partial charge >= 0.3 is 0 Å². The third-order valence-corrected chi connectivity index (χ3v) is 4.52. The van der Waals surface area contributed by atoms with E-state index in [-0.39, 0.29) is 24.3 Å². The molecule has 0 unspecified atom stereocenters. The summed E-state index contributed by atoms with van der Waals surface area (Å²) in [5.74, 6) is 0.322. The van der Waals surface area contributed by atoms with Gasteiger partial charge in [-0.05, 0) is 30.9 Å². The molecule has 140 valence electrons. The van der Waals surface area contributed by atoms with Crippen molar-refractivity contribution < 1.29 is 14.3 Å². The lowest BCUT2D eigenvalue weighted by molar-refractivity contribution is -0.142. The van der Waals surface area contributed by atoms with E-state index in [0.717, 1.165) is 18.5 Å². The number of carbonyl (C=O) groups is 2. The van der Waals surface area contributed by atoms with E-state index in [4.69, 9.17) is 4.74 Å². The first-order valence-corrected chi connectivity index (χ1v) is 9.08. The van der Waals surface area contributed by atoms with Crippen LogP contribution in [0.2, 0.25) is 0 Å². The van der Waals surface area contributed by atoms with E-state index in [0.29, 0.717) is 32.2 Å². The molecule has 2 amide bonds. The standard InChI is InChI=1S/C19H31N3O3/c1-15(2)12-18(23)21(10-11-25-4)14-19(24)22(16-7-8-16)13-17-6-5-9-20(17)3/h5-6,9,15-16H,7-8,10-14H2,1-4H3. The number of nitrogens with zero attached hydrogens (tertiary/aromatic N) is 3. The minimum Gasteiger partial charge on any atom is -0.383 e. The predicted octanol–water partition coefficient (Wildman–Crippen LogP) is 2.04. The van der Waals surface area contributed by atoms with Crippen LogP contribution in [0.4, 0.5) is 0 Å². The van der Waals surface area contributed by atoms with Gasteiger partial charge in [-0.1, -0.05) is 13.8 Å². The van der Waals surface area contributed by atoms with Crippen LogP contribution in [0, 0.1) is 5.92 Å². The molecule has 0 atom stereocenters. The average Bonchev–Trinajstić information content (AvgIpc) is 3.31. The highest BCUT2D eigenvalue weighted by Crippen LogP contribution is 2.28. The normalized spacial score (nSPS) is 14.0. The number of carbonyl (C=O) groups excluding carboxylic acids is 2. The van der Waals surface area contributed by atoms with Crippen molar-refractivity contribution in [1.82, 2.24) is 14.4 Å². The first kappa shape index (κ1) is 19.5. The minimum atomic E-state index is 0.0232. The summed E-state index contributed by atoms with van der Waals surface area (Å²) in [6.07, 6.45) is 4.54. The van der Waals surface area contributed by atoms with E-state index in [2.05, 4.69) is 0 Å². The molecular formula is C19H31N3O3. The summed E-state index contributed by atoms with van der Waals surface area (Å²) < 4.78 is 7.15. The summed E-state index contributed by atoms with van der Waals surface area (Å²) in [6, 6.07) is 4.34. The maximum absolute atomic E-state index is 12.9. The molecule has 0 N–H and O–H groups in total. The zero-order valence-electron chi connectivity index (χ0n) is 15.9. The van der Waals surface area contributed by atoms with Gasteiger partial charge < -0.3 is 19.1 Å². The molecule has 1 aromatic rings. The van der Waals surface area contributed by atoms with Crippen LogP contribution in [0.15, 0.2) is 18.3 Å². The molecule has 0 aliphatic heterocycles. The maximum Gasteiger partial charge on any atom is 0.242 e. The van der Waals surface area contributed by atoms with Crippen molar-refractivity contribution in [3.63, 3.8) is 0 Å². The molecule has 2 rings (SSSR count). The Morgan fingerprint density at radius 3 is 2.56 bits per heavy atom. The van der Waals surface area contributed by atoms with E-state index in [1.807, 2.05) is 48.7 Å². The highest BCUT2D eigenvalue weighted by atomic mass is 16.5. The van der Waals surface area contributed by atoms with Crippen LogP contribution in [-0.2, 0) is 27.9 Å². The lowest BCUT2D eigenvalue weighted by atomic mass is 10.1. The average molecular weight is 349 g/mol. The Labute approximate surface area is 150 Å². The molecule has 1 aliphatic carbocycles. The molecule has 1 heterocycles. The smallest absolute Gasteiger partial charge is 0.242 e. The second-order valence-electron chi connectivity index (χ2n) is 7.27. The monoisotopic (exact) mass is 349 g/mol. The molecular weight excluding hydrogens is 318 g/mol. The minimum absolute atomic E-state index is 0.0232. The van der Waals surface area contributed by atoms with Gasteiger partial charge in [-0.15, -0.1) is 0 Å². The Hall–Kier alpha value is -1.82. The molecule has 25 heavy (non-hydrogen) atoms. The summed E-state index contributed by atoms with van der Waals surface area (Å²) in [5, 5.41) is 0. The number of methoxy groups -OCH3 is 1. The molecule has 0 radical (unpaired) electrons. The van der Waals surface area contributed by atoms with Crippen molar-refractivity contribution in [2.24, 2.45) is 13.0 Å². The van der Waals surface area contributed by atoms with Gasteiger partial charge in [0.1, 0.15) is 0 Å². The number of aromatic nitrogens is 1. The first-order valence-electron chi connectivity index (χ1n) is 9.08. The fourth-order valence-electron chi connectivity index (χ4n) is 2.87. The van der Waals surface area contributed by atoms with Crippen LogP contribution in [0.25, 0.3) is 0 Å². The molecule has 1 aliphatic rings. The van der Waals surface area contributed by atoms with Gasteiger partial charge in [0.25, 0.3) is 0 Å². The fraction of sp³-hybridized carbons (Fsp3) is 0.684. The summed E-state index contributed by atoms with van der Waals surface area (Å²) in [5.41, 5.74) is 1.11. The van der Waals surface area contributed by atoms with Gasteiger partial charge in [0, 0.05) is 45.1 Å². The van der Waals surface area contributed by atoms with E-state index < -0.39 is 0 Å². The lowest BCUT2D eigenvalue weighted by Crippen LogP contribution is -2.45. The second kappa shape index (κ2) is 9.04. The van der Waals surface area contributed by atoms with Crippen molar-refractivity contribution in [3.8, 4) is 0 Å². The molecule has 6 heteroatoms. The van der Waals surface area contributed by atoms with E-state index in [9.17, 15) is 9.59 Å². The molecule has 1 aromatic heterocycles. The van der Waals surface area contributed by atoms with Crippen molar-refractivity contribution in [3.05, 3.63) is 24.0 Å². The molecule has 0 saturated heterocycles. The Kier molecular flexibility index (Phi) is 7.05. The zero-order chi connectivity index (χ0) is 18.4. The summed E-state index contributed by atoms with van der Waals surface area (Å²) in [4.78, 5) is 29.0. The summed E-state index contributed by atoms with van der Waals surface area (Å²) in [7, 11) is 3.60. The number of hydrogen-bond acceptors (Lipinski definition) is 3. The highest BCUT2D eigenvalue weighted by Gasteiger charge is 2.34. The third kappa shape index (κ3) is 5.88. The van der Waals surface area contributed by atoms with Crippen molar-refractivity contribution in [2.45, 2.75) is 45.7 Å². The number of rotatable bonds is 10. The summed E-state index contributed by atoms with van der Waals surface area (Å²) >= 11 is 0. The molecule has 1 saturated carbocycles. The van der Waals surface area contributed by atoms with Crippen molar-refractivity contribution in [1.29, 1.82) is 0 Å². The topological polar surface area (TPSA) is 54.8 Å². The van der Waals surface area contributed by atoms with Crippen LogP contribution in [0.1, 0.15) is 38.8 Å². The Morgan fingerprint density at radius 2 is 2.04 bits per heavy atom.